The molecule has 1 aliphatic carbocycles. The van der Waals surface area contributed by atoms with Gasteiger partial charge < -0.3 is 19.4 Å². The lowest BCUT2D eigenvalue weighted by Crippen LogP contribution is -2.48. The number of rotatable bonds is 9. The maximum atomic E-state index is 13.4. The molecule has 9 heteroatoms. The van der Waals surface area contributed by atoms with E-state index in [-0.39, 0.29) is 30.4 Å². The molecule has 0 amide bonds. The summed E-state index contributed by atoms with van der Waals surface area (Å²) in [6.07, 6.45) is 0.468. The molecule has 1 aliphatic rings. The fourth-order valence-corrected chi connectivity index (χ4v) is 4.90. The van der Waals surface area contributed by atoms with Crippen molar-refractivity contribution < 1.29 is 31.7 Å². The zero-order valence-corrected chi connectivity index (χ0v) is 20.8. The average Bonchev–Trinajstić information content (AvgIpc) is 3.15. The molecule has 36 heavy (non-hydrogen) atoms. The fourth-order valence-electron chi connectivity index (χ4n) is 4.44. The van der Waals surface area contributed by atoms with Crippen LogP contribution >= 0.6 is 0 Å². The van der Waals surface area contributed by atoms with Crippen LogP contribution in [0.2, 0.25) is 0 Å². The molecule has 3 aromatic rings. The maximum Gasteiger partial charge on any atom is 0.331 e. The Morgan fingerprint density at radius 3 is 1.97 bits per heavy atom. The van der Waals surface area contributed by atoms with Crippen molar-refractivity contribution in [3.63, 3.8) is 0 Å². The minimum Gasteiger partial charge on any atom is -0.466 e. The van der Waals surface area contributed by atoms with Crippen LogP contribution in [0, 0.1) is 0 Å². The van der Waals surface area contributed by atoms with Crippen molar-refractivity contribution in [2.75, 3.05) is 19.5 Å². The molecule has 0 saturated carbocycles. The monoisotopic (exact) mass is 509 g/mol. The van der Waals surface area contributed by atoms with Gasteiger partial charge in [-0.1, -0.05) is 60.7 Å². The number of fused-ring (bicyclic) bond motifs is 3. The Labute approximate surface area is 210 Å². The molecule has 0 radical (unpaired) electrons. The lowest BCUT2D eigenvalue weighted by molar-refractivity contribution is -0.157. The van der Waals surface area contributed by atoms with Gasteiger partial charge >= 0.3 is 22.1 Å². The maximum absolute atomic E-state index is 13.4. The van der Waals surface area contributed by atoms with Crippen molar-refractivity contribution in [2.24, 2.45) is 5.73 Å². The number of hydrogen-bond donors (Lipinski definition) is 1. The summed E-state index contributed by atoms with van der Waals surface area (Å²) < 4.78 is 38.5. The van der Waals surface area contributed by atoms with Gasteiger partial charge in [-0.05, 0) is 46.9 Å². The Morgan fingerprint density at radius 2 is 1.44 bits per heavy atom. The molecule has 1 unspecified atom stereocenters. The SMILES string of the molecule is CCOC(=O)CC(N)(C(=O)OCC1c2ccccc2-c2ccccc21)c1ccc(OS(C)(=O)=O)cc1. The highest BCUT2D eigenvalue weighted by Crippen LogP contribution is 2.44. The molecule has 1 atom stereocenters. The zero-order chi connectivity index (χ0) is 25.9. The van der Waals surface area contributed by atoms with Gasteiger partial charge in [-0.2, -0.15) is 8.42 Å². The largest absolute Gasteiger partial charge is 0.466 e. The minimum atomic E-state index is -3.73. The first-order chi connectivity index (χ1) is 17.1. The van der Waals surface area contributed by atoms with E-state index in [0.717, 1.165) is 28.5 Å². The summed E-state index contributed by atoms with van der Waals surface area (Å²) in [7, 11) is -3.73. The van der Waals surface area contributed by atoms with E-state index in [1.165, 1.54) is 24.3 Å². The molecule has 3 aromatic carbocycles. The van der Waals surface area contributed by atoms with E-state index in [1.807, 2.05) is 48.5 Å². The van der Waals surface area contributed by atoms with E-state index >= 15 is 0 Å². The normalized spacial score (nSPS) is 14.3. The van der Waals surface area contributed by atoms with Gasteiger partial charge in [-0.3, -0.25) is 4.79 Å². The highest BCUT2D eigenvalue weighted by Gasteiger charge is 2.42. The minimum absolute atomic E-state index is 0.0317. The van der Waals surface area contributed by atoms with Crippen molar-refractivity contribution in [1.29, 1.82) is 0 Å². The Hall–Kier alpha value is -3.69. The first kappa shape index (κ1) is 25.4. The van der Waals surface area contributed by atoms with E-state index in [4.69, 9.17) is 19.4 Å². The molecule has 0 spiro atoms. The topological polar surface area (TPSA) is 122 Å². The van der Waals surface area contributed by atoms with E-state index in [1.54, 1.807) is 6.92 Å². The van der Waals surface area contributed by atoms with Gasteiger partial charge in [-0.25, -0.2) is 4.79 Å². The van der Waals surface area contributed by atoms with E-state index in [0.29, 0.717) is 0 Å². The predicted molar refractivity (Wildman–Crippen MR) is 134 cm³/mol. The fraction of sp³-hybridized carbons (Fsp3) is 0.259. The van der Waals surface area contributed by atoms with Crippen LogP contribution in [0.4, 0.5) is 0 Å². The number of ether oxygens (including phenoxy) is 2. The first-order valence-corrected chi connectivity index (χ1v) is 13.2. The summed E-state index contributed by atoms with van der Waals surface area (Å²) in [6.45, 7) is 1.81. The zero-order valence-electron chi connectivity index (χ0n) is 20.0. The van der Waals surface area contributed by atoms with Crippen LogP contribution in [-0.4, -0.2) is 39.8 Å². The summed E-state index contributed by atoms with van der Waals surface area (Å²) in [5, 5.41) is 0. The van der Waals surface area contributed by atoms with Gasteiger partial charge in [0.25, 0.3) is 0 Å². The molecule has 0 aliphatic heterocycles. The number of carbonyl (C=O) groups excluding carboxylic acids is 2. The number of carbonyl (C=O) groups is 2. The lowest BCUT2D eigenvalue weighted by atomic mass is 9.87. The third-order valence-electron chi connectivity index (χ3n) is 6.05. The molecule has 0 aromatic heterocycles. The third-order valence-corrected chi connectivity index (χ3v) is 6.55. The second-order valence-corrected chi connectivity index (χ2v) is 10.2. The first-order valence-electron chi connectivity index (χ1n) is 11.4. The van der Waals surface area contributed by atoms with Gasteiger partial charge in [0.05, 0.1) is 19.3 Å². The van der Waals surface area contributed by atoms with Crippen LogP contribution in [0.3, 0.4) is 0 Å². The molecule has 2 N–H and O–H groups in total. The molecule has 0 saturated heterocycles. The van der Waals surface area contributed by atoms with Crippen LogP contribution in [0.25, 0.3) is 11.1 Å². The summed E-state index contributed by atoms with van der Waals surface area (Å²) in [5.74, 6) is -1.59. The van der Waals surface area contributed by atoms with Crippen LogP contribution in [0.15, 0.2) is 72.8 Å². The van der Waals surface area contributed by atoms with Crippen molar-refractivity contribution >= 4 is 22.1 Å². The van der Waals surface area contributed by atoms with Crippen molar-refractivity contribution in [1.82, 2.24) is 0 Å². The van der Waals surface area contributed by atoms with E-state index in [2.05, 4.69) is 0 Å². The summed E-state index contributed by atoms with van der Waals surface area (Å²) in [4.78, 5) is 25.8. The van der Waals surface area contributed by atoms with E-state index in [9.17, 15) is 18.0 Å². The van der Waals surface area contributed by atoms with Crippen LogP contribution in [0.1, 0.15) is 36.0 Å². The molecular formula is C27H27NO7S. The third kappa shape index (κ3) is 5.27. The lowest BCUT2D eigenvalue weighted by Gasteiger charge is -2.28. The Bertz CT molecular complexity index is 1340. The smallest absolute Gasteiger partial charge is 0.331 e. The second kappa shape index (κ2) is 10.1. The quantitative estimate of drug-likeness (QED) is 0.344. The Kier molecular flexibility index (Phi) is 7.14. The summed E-state index contributed by atoms with van der Waals surface area (Å²) in [5.41, 5.74) is 9.17. The van der Waals surface area contributed by atoms with Crippen LogP contribution in [-0.2, 0) is 34.7 Å². The average molecular weight is 510 g/mol. The molecule has 8 nitrogen and oxygen atoms in total. The molecule has 188 valence electrons. The van der Waals surface area contributed by atoms with Gasteiger partial charge in [-0.15, -0.1) is 0 Å². The van der Waals surface area contributed by atoms with Gasteiger partial charge in [0.1, 0.15) is 12.4 Å². The number of benzene rings is 3. The van der Waals surface area contributed by atoms with Crippen LogP contribution < -0.4 is 9.92 Å². The van der Waals surface area contributed by atoms with Gasteiger partial charge in [0.2, 0.25) is 0 Å². The van der Waals surface area contributed by atoms with Gasteiger partial charge in [0, 0.05) is 5.92 Å². The molecule has 0 bridgehead atoms. The van der Waals surface area contributed by atoms with Crippen LogP contribution in [0.5, 0.6) is 5.75 Å². The van der Waals surface area contributed by atoms with E-state index < -0.39 is 34.0 Å². The number of esters is 2. The second-order valence-electron chi connectivity index (χ2n) is 8.59. The highest BCUT2D eigenvalue weighted by atomic mass is 32.2. The van der Waals surface area contributed by atoms with Gasteiger partial charge in [0.15, 0.2) is 5.54 Å². The number of nitrogens with two attached hydrogens (primary N) is 1. The van der Waals surface area contributed by atoms with Crippen molar-refractivity contribution in [3.8, 4) is 16.9 Å². The molecular weight excluding hydrogens is 482 g/mol. The Balaban J connectivity index is 1.60. The number of hydrogen-bond acceptors (Lipinski definition) is 8. The van der Waals surface area contributed by atoms with Crippen molar-refractivity contribution in [3.05, 3.63) is 89.5 Å². The predicted octanol–water partition coefficient (Wildman–Crippen LogP) is 3.49. The highest BCUT2D eigenvalue weighted by molar-refractivity contribution is 7.86. The molecule has 0 fully saturated rings. The molecule has 4 rings (SSSR count). The Morgan fingerprint density at radius 1 is 0.889 bits per heavy atom. The molecule has 0 heterocycles. The standard InChI is InChI=1S/C27H27NO7S/c1-3-33-25(29)16-27(28,18-12-14-19(15-13-18)35-36(2,31)32)26(30)34-17-24-22-10-6-4-8-20(22)21-9-5-7-11-23(21)24/h4-15,24H,3,16-17,28H2,1-2H3. The summed E-state index contributed by atoms with van der Waals surface area (Å²) in [6, 6.07) is 21.5. The van der Waals surface area contributed by atoms with Crippen molar-refractivity contribution in [2.45, 2.75) is 24.8 Å². The summed E-state index contributed by atoms with van der Waals surface area (Å²) >= 11 is 0.